The largest absolute Gasteiger partial charge is 0.279 e. The van der Waals surface area contributed by atoms with Crippen molar-refractivity contribution in [3.05, 3.63) is 69.0 Å². The van der Waals surface area contributed by atoms with Crippen molar-refractivity contribution in [1.82, 2.24) is 0 Å². The lowest BCUT2D eigenvalue weighted by Gasteiger charge is -2.12. The van der Waals surface area contributed by atoms with Crippen LogP contribution >= 0.6 is 38.9 Å². The number of anilines is 2. The van der Waals surface area contributed by atoms with Crippen LogP contribution in [0.2, 0.25) is 5.02 Å². The summed E-state index contributed by atoms with van der Waals surface area (Å²) < 4.78 is 55.6. The summed E-state index contributed by atoms with van der Waals surface area (Å²) in [6.07, 6.45) is 0. The molecule has 0 atom stereocenters. The number of aryl methyl sites for hydroxylation is 1. The van der Waals surface area contributed by atoms with Gasteiger partial charge in [-0.2, -0.15) is 0 Å². The zero-order chi connectivity index (χ0) is 20.5. The first-order valence-corrected chi connectivity index (χ1v) is 12.7. The Kier molecular flexibility index (Phi) is 6.06. The molecule has 2 N–H and O–H groups in total. The summed E-state index contributed by atoms with van der Waals surface area (Å²) in [5, 5.41) is 0.410. The summed E-state index contributed by atoms with van der Waals surface area (Å²) in [5.74, 6) is 0. The molecule has 0 aliphatic heterocycles. The molecular formula is C17H14BrClN2O4S3. The van der Waals surface area contributed by atoms with Crippen molar-refractivity contribution in [2.75, 3.05) is 9.44 Å². The fourth-order valence-electron chi connectivity index (χ4n) is 2.26. The number of hydrogen-bond acceptors (Lipinski definition) is 5. The van der Waals surface area contributed by atoms with Crippen LogP contribution in [0.25, 0.3) is 0 Å². The van der Waals surface area contributed by atoms with Crippen molar-refractivity contribution < 1.29 is 16.8 Å². The van der Waals surface area contributed by atoms with Gasteiger partial charge in [-0.1, -0.05) is 17.7 Å². The minimum absolute atomic E-state index is 0.00584. The van der Waals surface area contributed by atoms with Gasteiger partial charge in [-0.3, -0.25) is 9.44 Å². The second kappa shape index (κ2) is 8.03. The maximum absolute atomic E-state index is 12.6. The van der Waals surface area contributed by atoms with E-state index in [0.717, 1.165) is 16.9 Å². The molecule has 0 aliphatic rings. The van der Waals surface area contributed by atoms with E-state index in [1.54, 1.807) is 25.1 Å². The molecular weight excluding hydrogens is 508 g/mol. The van der Waals surface area contributed by atoms with Gasteiger partial charge in [-0.05, 0) is 76.9 Å². The number of rotatable bonds is 6. The maximum atomic E-state index is 12.6. The van der Waals surface area contributed by atoms with Crippen molar-refractivity contribution in [3.63, 3.8) is 0 Å². The smallest absolute Gasteiger partial charge is 0.271 e. The van der Waals surface area contributed by atoms with Gasteiger partial charge < -0.3 is 0 Å². The molecule has 0 aliphatic carbocycles. The van der Waals surface area contributed by atoms with Crippen LogP contribution in [0, 0.1) is 6.92 Å². The molecule has 0 amide bonds. The number of nitrogens with one attached hydrogen (secondary N) is 2. The molecule has 0 saturated heterocycles. The molecule has 2 aromatic carbocycles. The van der Waals surface area contributed by atoms with Crippen LogP contribution in [0.15, 0.2) is 67.5 Å². The Labute approximate surface area is 180 Å². The highest BCUT2D eigenvalue weighted by Gasteiger charge is 2.19. The molecule has 0 spiro atoms. The predicted molar refractivity (Wildman–Crippen MR) is 116 cm³/mol. The molecule has 0 fully saturated rings. The third-order valence-electron chi connectivity index (χ3n) is 3.67. The molecule has 11 heteroatoms. The molecule has 1 aromatic heterocycles. The zero-order valence-electron chi connectivity index (χ0n) is 14.3. The molecule has 0 unspecified atom stereocenters. The molecule has 6 nitrogen and oxygen atoms in total. The van der Waals surface area contributed by atoms with Gasteiger partial charge in [0.15, 0.2) is 0 Å². The van der Waals surface area contributed by atoms with Gasteiger partial charge in [0.1, 0.15) is 4.21 Å². The average molecular weight is 522 g/mol. The molecule has 0 bridgehead atoms. The van der Waals surface area contributed by atoms with E-state index in [9.17, 15) is 16.8 Å². The van der Waals surface area contributed by atoms with E-state index in [1.807, 2.05) is 0 Å². The fraction of sp³-hybridized carbons (Fsp3) is 0.0588. The second-order valence-electron chi connectivity index (χ2n) is 5.75. The maximum Gasteiger partial charge on any atom is 0.271 e. The standard InChI is InChI=1S/C17H14BrClN2O4S3/c1-11-2-3-12(19)10-15(11)21-27(22,23)14-6-4-13(5-7-14)20-28(24,25)17-9-8-16(18)26-17/h2-10,20-21H,1H3. The first kappa shape index (κ1) is 21.1. The molecule has 0 radical (unpaired) electrons. The second-order valence-corrected chi connectivity index (χ2v) is 12.2. The summed E-state index contributed by atoms with van der Waals surface area (Å²) in [6.45, 7) is 1.76. The van der Waals surface area contributed by atoms with Crippen molar-refractivity contribution in [2.24, 2.45) is 0 Å². The van der Waals surface area contributed by atoms with Crippen molar-refractivity contribution in [2.45, 2.75) is 16.0 Å². The van der Waals surface area contributed by atoms with Gasteiger partial charge in [0, 0.05) is 10.7 Å². The van der Waals surface area contributed by atoms with Gasteiger partial charge in [0.05, 0.1) is 14.4 Å². The van der Waals surface area contributed by atoms with Gasteiger partial charge >= 0.3 is 0 Å². The highest BCUT2D eigenvalue weighted by Crippen LogP contribution is 2.28. The number of thiophene rings is 1. The summed E-state index contributed by atoms with van der Waals surface area (Å²) in [4.78, 5) is -0.00584. The quantitative estimate of drug-likeness (QED) is 0.473. The normalized spacial score (nSPS) is 12.0. The van der Waals surface area contributed by atoms with Crippen LogP contribution in [0.3, 0.4) is 0 Å². The topological polar surface area (TPSA) is 92.3 Å². The third kappa shape index (κ3) is 4.87. The summed E-state index contributed by atoms with van der Waals surface area (Å²) in [5.41, 5.74) is 1.35. The lowest BCUT2D eigenvalue weighted by atomic mass is 10.2. The summed E-state index contributed by atoms with van der Waals surface area (Å²) in [6, 6.07) is 13.4. The highest BCUT2D eigenvalue weighted by molar-refractivity contribution is 9.11. The number of hydrogen-bond donors (Lipinski definition) is 2. The van der Waals surface area contributed by atoms with Gasteiger partial charge in [0.25, 0.3) is 20.0 Å². The third-order valence-corrected chi connectivity index (χ3v) is 8.79. The first-order valence-electron chi connectivity index (χ1n) is 7.74. The van der Waals surface area contributed by atoms with E-state index in [-0.39, 0.29) is 14.8 Å². The van der Waals surface area contributed by atoms with Crippen molar-refractivity contribution >= 4 is 70.3 Å². The number of benzene rings is 2. The van der Waals surface area contributed by atoms with Crippen LogP contribution in [-0.4, -0.2) is 16.8 Å². The molecule has 3 aromatic rings. The Hall–Kier alpha value is -1.59. The summed E-state index contributed by atoms with van der Waals surface area (Å²) >= 11 is 10.2. The Bertz CT molecular complexity index is 1220. The van der Waals surface area contributed by atoms with E-state index >= 15 is 0 Å². The van der Waals surface area contributed by atoms with Gasteiger partial charge in [-0.25, -0.2) is 16.8 Å². The molecule has 28 heavy (non-hydrogen) atoms. The zero-order valence-corrected chi connectivity index (χ0v) is 19.1. The highest BCUT2D eigenvalue weighted by atomic mass is 79.9. The van der Waals surface area contributed by atoms with Crippen molar-refractivity contribution in [3.8, 4) is 0 Å². The fourth-order valence-corrected chi connectivity index (χ4v) is 6.62. The molecule has 148 valence electrons. The molecule has 0 saturated carbocycles. The Balaban J connectivity index is 1.81. The van der Waals surface area contributed by atoms with E-state index in [0.29, 0.717) is 14.5 Å². The molecule has 1 heterocycles. The number of sulfonamides is 2. The van der Waals surface area contributed by atoms with E-state index in [1.165, 1.54) is 36.4 Å². The first-order chi connectivity index (χ1) is 13.1. The Morgan fingerprint density at radius 2 is 1.57 bits per heavy atom. The van der Waals surface area contributed by atoms with E-state index < -0.39 is 20.0 Å². The van der Waals surface area contributed by atoms with Crippen LogP contribution in [-0.2, 0) is 20.0 Å². The Morgan fingerprint density at radius 3 is 2.18 bits per heavy atom. The van der Waals surface area contributed by atoms with Crippen LogP contribution in [0.1, 0.15) is 5.56 Å². The van der Waals surface area contributed by atoms with Crippen LogP contribution in [0.4, 0.5) is 11.4 Å². The summed E-state index contributed by atoms with van der Waals surface area (Å²) in [7, 11) is -7.59. The monoisotopic (exact) mass is 520 g/mol. The lowest BCUT2D eigenvalue weighted by molar-refractivity contribution is 0.600. The van der Waals surface area contributed by atoms with Crippen molar-refractivity contribution in [1.29, 1.82) is 0 Å². The van der Waals surface area contributed by atoms with Crippen LogP contribution < -0.4 is 9.44 Å². The minimum atomic E-state index is -3.85. The number of halogens is 2. The van der Waals surface area contributed by atoms with Gasteiger partial charge in [-0.15, -0.1) is 11.3 Å². The van der Waals surface area contributed by atoms with Gasteiger partial charge in [0.2, 0.25) is 0 Å². The van der Waals surface area contributed by atoms with E-state index in [2.05, 4.69) is 25.4 Å². The van der Waals surface area contributed by atoms with Crippen LogP contribution in [0.5, 0.6) is 0 Å². The SMILES string of the molecule is Cc1ccc(Cl)cc1NS(=O)(=O)c1ccc(NS(=O)(=O)c2ccc(Br)s2)cc1. The molecule has 3 rings (SSSR count). The Morgan fingerprint density at radius 1 is 0.893 bits per heavy atom. The minimum Gasteiger partial charge on any atom is -0.279 e. The van der Waals surface area contributed by atoms with E-state index in [4.69, 9.17) is 11.6 Å². The predicted octanol–water partition coefficient (Wildman–Crippen LogP) is 5.07. The average Bonchev–Trinajstić information content (AvgIpc) is 3.05. The lowest BCUT2D eigenvalue weighted by Crippen LogP contribution is -2.14.